The molecule has 1 aliphatic carbocycles. The molecule has 1 aliphatic heterocycles. The maximum absolute atomic E-state index is 13.7. The highest BCUT2D eigenvalue weighted by Crippen LogP contribution is 2.40. The molecule has 3 aromatic rings. The van der Waals surface area contributed by atoms with Crippen LogP contribution in [-0.2, 0) is 0 Å². The van der Waals surface area contributed by atoms with Crippen LogP contribution in [0.2, 0.25) is 0 Å². The van der Waals surface area contributed by atoms with Crippen molar-refractivity contribution in [1.82, 2.24) is 19.9 Å². The number of benzene rings is 1. The number of carbonyl (C=O) groups is 1. The van der Waals surface area contributed by atoms with Crippen LogP contribution in [0.1, 0.15) is 34.3 Å². The number of aromatic nitrogens is 3. The zero-order valence-corrected chi connectivity index (χ0v) is 17.2. The van der Waals surface area contributed by atoms with E-state index in [1.165, 1.54) is 0 Å². The number of rotatable bonds is 4. The summed E-state index contributed by atoms with van der Waals surface area (Å²) >= 11 is 0. The fourth-order valence-electron chi connectivity index (χ4n) is 4.78. The topological polar surface area (TPSA) is 71.0 Å². The largest absolute Gasteiger partial charge is 0.365 e. The van der Waals surface area contributed by atoms with Gasteiger partial charge in [0.05, 0.1) is 11.6 Å². The van der Waals surface area contributed by atoms with Crippen molar-refractivity contribution in [3.63, 3.8) is 0 Å². The summed E-state index contributed by atoms with van der Waals surface area (Å²) in [5.41, 5.74) is 3.67. The minimum absolute atomic E-state index is 0.0667. The van der Waals surface area contributed by atoms with Gasteiger partial charge in [-0.3, -0.25) is 4.79 Å². The van der Waals surface area contributed by atoms with E-state index in [1.807, 2.05) is 49.2 Å². The van der Waals surface area contributed by atoms with Crippen LogP contribution in [0.15, 0.2) is 55.0 Å². The Balaban J connectivity index is 1.42. The van der Waals surface area contributed by atoms with Gasteiger partial charge in [-0.15, -0.1) is 0 Å². The molecule has 5 rings (SSSR count). The molecular formula is C24H25N5O. The van der Waals surface area contributed by atoms with Crippen molar-refractivity contribution < 1.29 is 4.79 Å². The molecule has 2 aromatic heterocycles. The molecule has 30 heavy (non-hydrogen) atoms. The van der Waals surface area contributed by atoms with Gasteiger partial charge in [0.15, 0.2) is 5.82 Å². The van der Waals surface area contributed by atoms with Crippen LogP contribution in [0.25, 0.3) is 11.4 Å². The van der Waals surface area contributed by atoms with E-state index in [0.717, 1.165) is 41.9 Å². The van der Waals surface area contributed by atoms with Gasteiger partial charge in [0.25, 0.3) is 5.91 Å². The first-order chi connectivity index (χ1) is 14.6. The zero-order valence-electron chi connectivity index (χ0n) is 17.2. The Morgan fingerprint density at radius 3 is 2.57 bits per heavy atom. The van der Waals surface area contributed by atoms with Crippen molar-refractivity contribution in [3.05, 3.63) is 71.7 Å². The summed E-state index contributed by atoms with van der Waals surface area (Å²) in [6, 6.07) is 12.2. The van der Waals surface area contributed by atoms with Gasteiger partial charge in [0, 0.05) is 36.7 Å². The molecule has 6 nitrogen and oxygen atoms in total. The number of aryl methyl sites for hydroxylation is 2. The van der Waals surface area contributed by atoms with Gasteiger partial charge in [-0.05, 0) is 56.4 Å². The fraction of sp³-hybridized carbons (Fsp3) is 0.333. The van der Waals surface area contributed by atoms with Crippen LogP contribution in [0.3, 0.4) is 0 Å². The van der Waals surface area contributed by atoms with Crippen LogP contribution >= 0.6 is 0 Å². The third-order valence-electron chi connectivity index (χ3n) is 6.20. The Kier molecular flexibility index (Phi) is 4.69. The third-order valence-corrected chi connectivity index (χ3v) is 6.20. The molecule has 0 spiro atoms. The SMILES string of the molecule is Cc1ccc(NC2CC3CC2N(C(=O)c2cc(C)ccc2-c2ncccn2)C3)nc1. The summed E-state index contributed by atoms with van der Waals surface area (Å²) in [7, 11) is 0. The first kappa shape index (κ1) is 18.7. The van der Waals surface area contributed by atoms with Crippen molar-refractivity contribution in [2.45, 2.75) is 38.8 Å². The molecule has 0 radical (unpaired) electrons. The molecule has 1 saturated carbocycles. The molecule has 2 fully saturated rings. The van der Waals surface area contributed by atoms with E-state index in [-0.39, 0.29) is 18.0 Å². The first-order valence-corrected chi connectivity index (χ1v) is 10.5. The maximum atomic E-state index is 13.7. The standard InChI is InChI=1S/C24H25N5O/c1-15-4-6-18(23-25-8-3-9-26-23)19(10-15)24(30)29-14-17-11-20(21(29)12-17)28-22-7-5-16(2)13-27-22/h3-10,13,17,20-21H,11-12,14H2,1-2H3,(H,27,28). The number of nitrogens with zero attached hydrogens (tertiary/aromatic N) is 4. The molecule has 1 aromatic carbocycles. The van der Waals surface area contributed by atoms with Crippen molar-refractivity contribution in [2.24, 2.45) is 5.92 Å². The van der Waals surface area contributed by atoms with Crippen LogP contribution < -0.4 is 5.32 Å². The number of anilines is 1. The lowest BCUT2D eigenvalue weighted by Crippen LogP contribution is -2.47. The number of hydrogen-bond acceptors (Lipinski definition) is 5. The van der Waals surface area contributed by atoms with Gasteiger partial charge in [0.1, 0.15) is 5.82 Å². The van der Waals surface area contributed by atoms with Crippen molar-refractivity contribution >= 4 is 11.7 Å². The number of amides is 1. The maximum Gasteiger partial charge on any atom is 0.254 e. The van der Waals surface area contributed by atoms with Gasteiger partial charge in [-0.1, -0.05) is 23.8 Å². The van der Waals surface area contributed by atoms with Gasteiger partial charge < -0.3 is 10.2 Å². The smallest absolute Gasteiger partial charge is 0.254 e. The Bertz CT molecular complexity index is 1070. The van der Waals surface area contributed by atoms with Gasteiger partial charge in [-0.2, -0.15) is 0 Å². The van der Waals surface area contributed by atoms with Crippen molar-refractivity contribution in [2.75, 3.05) is 11.9 Å². The fourth-order valence-corrected chi connectivity index (χ4v) is 4.78. The molecule has 3 unspecified atom stereocenters. The van der Waals surface area contributed by atoms with Crippen molar-refractivity contribution in [1.29, 1.82) is 0 Å². The molecular weight excluding hydrogens is 374 g/mol. The van der Waals surface area contributed by atoms with Crippen LogP contribution in [0.4, 0.5) is 5.82 Å². The lowest BCUT2D eigenvalue weighted by atomic mass is 10.00. The average molecular weight is 399 g/mol. The second-order valence-corrected chi connectivity index (χ2v) is 8.46. The van der Waals surface area contributed by atoms with E-state index in [1.54, 1.807) is 18.5 Å². The predicted octanol–water partition coefficient (Wildman–Crippen LogP) is 3.87. The van der Waals surface area contributed by atoms with E-state index in [4.69, 9.17) is 0 Å². The quantitative estimate of drug-likeness (QED) is 0.721. The van der Waals surface area contributed by atoms with Crippen LogP contribution in [-0.4, -0.2) is 44.4 Å². The lowest BCUT2D eigenvalue weighted by molar-refractivity contribution is 0.0692. The Morgan fingerprint density at radius 1 is 1.03 bits per heavy atom. The molecule has 1 N–H and O–H groups in total. The lowest BCUT2D eigenvalue weighted by Gasteiger charge is -2.34. The minimum atomic E-state index is 0.0667. The number of piperidine rings is 1. The predicted molar refractivity (Wildman–Crippen MR) is 116 cm³/mol. The van der Waals surface area contributed by atoms with Gasteiger partial charge in [0.2, 0.25) is 0 Å². The second-order valence-electron chi connectivity index (χ2n) is 8.46. The second kappa shape index (κ2) is 7.52. The molecule has 2 aliphatic rings. The average Bonchev–Trinajstić information content (AvgIpc) is 3.36. The number of hydrogen-bond donors (Lipinski definition) is 1. The highest BCUT2D eigenvalue weighted by atomic mass is 16.2. The van der Waals surface area contributed by atoms with Crippen LogP contribution in [0.5, 0.6) is 0 Å². The molecule has 2 bridgehead atoms. The van der Waals surface area contributed by atoms with E-state index in [2.05, 4.69) is 26.3 Å². The van der Waals surface area contributed by atoms with E-state index >= 15 is 0 Å². The van der Waals surface area contributed by atoms with Crippen LogP contribution in [0, 0.1) is 19.8 Å². The van der Waals surface area contributed by atoms with Crippen molar-refractivity contribution in [3.8, 4) is 11.4 Å². The highest BCUT2D eigenvalue weighted by Gasteiger charge is 2.47. The summed E-state index contributed by atoms with van der Waals surface area (Å²) in [5.74, 6) is 2.06. The number of pyridine rings is 1. The summed E-state index contributed by atoms with van der Waals surface area (Å²) in [6.07, 6.45) is 7.41. The Hall–Kier alpha value is -3.28. The molecule has 1 amide bonds. The number of likely N-dealkylation sites (tertiary alicyclic amines) is 1. The molecule has 1 saturated heterocycles. The molecule has 3 atom stereocenters. The minimum Gasteiger partial charge on any atom is -0.365 e. The summed E-state index contributed by atoms with van der Waals surface area (Å²) < 4.78 is 0. The normalized spacial score (nSPS) is 22.3. The molecule has 6 heteroatoms. The first-order valence-electron chi connectivity index (χ1n) is 10.5. The van der Waals surface area contributed by atoms with E-state index < -0.39 is 0 Å². The number of carbonyl (C=O) groups excluding carboxylic acids is 1. The van der Waals surface area contributed by atoms with Gasteiger partial charge >= 0.3 is 0 Å². The van der Waals surface area contributed by atoms with E-state index in [0.29, 0.717) is 17.3 Å². The van der Waals surface area contributed by atoms with E-state index in [9.17, 15) is 4.79 Å². The Morgan fingerprint density at radius 2 is 1.83 bits per heavy atom. The number of nitrogens with one attached hydrogen (secondary N) is 1. The summed E-state index contributed by atoms with van der Waals surface area (Å²) in [6.45, 7) is 4.85. The molecule has 3 heterocycles. The zero-order chi connectivity index (χ0) is 20.7. The Labute approximate surface area is 176 Å². The molecule has 152 valence electrons. The summed E-state index contributed by atoms with van der Waals surface area (Å²) in [4.78, 5) is 28.9. The summed E-state index contributed by atoms with van der Waals surface area (Å²) in [5, 5.41) is 3.56. The van der Waals surface area contributed by atoms with Gasteiger partial charge in [-0.25, -0.2) is 15.0 Å². The monoisotopic (exact) mass is 399 g/mol. The highest BCUT2D eigenvalue weighted by molar-refractivity contribution is 6.00. The third kappa shape index (κ3) is 3.43. The number of fused-ring (bicyclic) bond motifs is 2.